The van der Waals surface area contributed by atoms with Gasteiger partial charge in [0.05, 0.1) is 0 Å². The molecular weight excluding hydrogens is 471 g/mol. The van der Waals surface area contributed by atoms with Gasteiger partial charge in [-0.2, -0.15) is 0 Å². The Morgan fingerprint density at radius 3 is 2.56 bits per heavy atom. The topological polar surface area (TPSA) is 90.1 Å². The summed E-state index contributed by atoms with van der Waals surface area (Å²) >= 11 is 0. The van der Waals surface area contributed by atoms with Gasteiger partial charge >= 0.3 is 6.03 Å². The normalized spacial score (nSPS) is 18.8. The first-order valence-electron chi connectivity index (χ1n) is 11.2. The molecule has 184 valence electrons. The molecule has 0 radical (unpaired) electrons. The van der Waals surface area contributed by atoms with E-state index in [1.165, 1.54) is 25.2 Å². The summed E-state index contributed by atoms with van der Waals surface area (Å²) in [5.41, 5.74) is 2.03. The van der Waals surface area contributed by atoms with E-state index in [-0.39, 0.29) is 17.5 Å². The van der Waals surface area contributed by atoms with Gasteiger partial charge in [0.15, 0.2) is 0 Å². The summed E-state index contributed by atoms with van der Waals surface area (Å²) in [7, 11) is 1.21. The summed E-state index contributed by atoms with van der Waals surface area (Å²) in [6.45, 7) is 2.22. The van der Waals surface area contributed by atoms with Crippen LogP contribution in [0.1, 0.15) is 23.0 Å². The van der Waals surface area contributed by atoms with Crippen molar-refractivity contribution in [2.24, 2.45) is 5.92 Å². The quantitative estimate of drug-likeness (QED) is 0.494. The monoisotopic (exact) mass is 493 g/mol. The van der Waals surface area contributed by atoms with Crippen molar-refractivity contribution in [1.29, 1.82) is 0 Å². The van der Waals surface area contributed by atoms with Crippen molar-refractivity contribution in [3.63, 3.8) is 0 Å². The number of urea groups is 1. The molecule has 1 aliphatic carbocycles. The average molecular weight is 493 g/mol. The van der Waals surface area contributed by atoms with Crippen LogP contribution in [0, 0.1) is 30.3 Å². The number of aryl methyl sites for hydroxylation is 1. The molecule has 3 aromatic rings. The minimum atomic E-state index is -0.897. The highest BCUT2D eigenvalue weighted by molar-refractivity contribution is 6.06. The zero-order chi connectivity index (χ0) is 25.6. The number of hydrogen-bond donors (Lipinski definition) is 3. The predicted octanol–water partition coefficient (Wildman–Crippen LogP) is 4.66. The van der Waals surface area contributed by atoms with Gasteiger partial charge in [-0.25, -0.2) is 22.9 Å². The highest BCUT2D eigenvalue weighted by Crippen LogP contribution is 2.42. The number of benzene rings is 2. The Morgan fingerprint density at radius 2 is 1.89 bits per heavy atom. The molecule has 2 heterocycles. The summed E-state index contributed by atoms with van der Waals surface area (Å²) in [5.74, 6) is -2.74. The van der Waals surface area contributed by atoms with E-state index in [9.17, 15) is 18.4 Å². The Kier molecular flexibility index (Phi) is 5.87. The van der Waals surface area contributed by atoms with Crippen LogP contribution in [0.2, 0.25) is 0 Å². The van der Waals surface area contributed by atoms with Crippen LogP contribution < -0.4 is 15.5 Å². The zero-order valence-electron chi connectivity index (χ0n) is 19.4. The van der Waals surface area contributed by atoms with Crippen LogP contribution in [0.3, 0.4) is 0 Å². The maximum atomic E-state index is 15.3. The van der Waals surface area contributed by atoms with Gasteiger partial charge in [0.2, 0.25) is 5.91 Å². The van der Waals surface area contributed by atoms with E-state index >= 15 is 4.39 Å². The standard InChI is InChI=1S/C26H22F3N5O2/c1-13-11-30-24(32-13)17-9-8-15(18-12-31-25(35)22(17)18)16-7-6-14(10-21(16)29)33-26(36)34(2)23-19(27)4-3-5-20(23)28/h3-11,15,18H,12H2,1-2H3,(H,30,32)(H,31,35)(H,33,36). The average Bonchev–Trinajstić information content (AvgIpc) is 3.45. The predicted molar refractivity (Wildman–Crippen MR) is 129 cm³/mol. The maximum absolute atomic E-state index is 15.3. The molecular formula is C26H22F3N5O2. The minimum absolute atomic E-state index is 0.118. The van der Waals surface area contributed by atoms with Gasteiger partial charge in [-0.15, -0.1) is 0 Å². The van der Waals surface area contributed by atoms with Crippen LogP contribution in [0.4, 0.5) is 29.3 Å². The number of halogens is 3. The second kappa shape index (κ2) is 9.03. The number of amides is 3. The molecule has 2 atom stereocenters. The molecule has 1 aromatic heterocycles. The van der Waals surface area contributed by atoms with Crippen molar-refractivity contribution in [1.82, 2.24) is 15.3 Å². The molecule has 2 unspecified atom stereocenters. The number of hydrogen-bond acceptors (Lipinski definition) is 3. The number of carbonyl (C=O) groups is 2. The molecule has 10 heteroatoms. The van der Waals surface area contributed by atoms with E-state index < -0.39 is 35.1 Å². The molecule has 3 N–H and O–H groups in total. The van der Waals surface area contributed by atoms with Gasteiger partial charge in [-0.1, -0.05) is 24.3 Å². The number of para-hydroxylation sites is 1. The first kappa shape index (κ1) is 23.4. The van der Waals surface area contributed by atoms with Crippen LogP contribution in [0.15, 0.2) is 60.3 Å². The van der Waals surface area contributed by atoms with E-state index in [4.69, 9.17) is 0 Å². The third-order valence-corrected chi connectivity index (χ3v) is 6.44. The zero-order valence-corrected chi connectivity index (χ0v) is 19.4. The molecule has 0 bridgehead atoms. The summed E-state index contributed by atoms with van der Waals surface area (Å²) in [6, 6.07) is 6.63. The molecule has 1 saturated heterocycles. The molecule has 36 heavy (non-hydrogen) atoms. The molecule has 7 nitrogen and oxygen atoms in total. The van der Waals surface area contributed by atoms with Crippen molar-refractivity contribution in [2.75, 3.05) is 23.8 Å². The highest BCUT2D eigenvalue weighted by Gasteiger charge is 2.40. The Bertz CT molecular complexity index is 1420. The number of carbonyl (C=O) groups excluding carboxylic acids is 2. The number of H-pyrrole nitrogens is 1. The highest BCUT2D eigenvalue weighted by atomic mass is 19.1. The van der Waals surface area contributed by atoms with Crippen molar-refractivity contribution in [3.8, 4) is 0 Å². The van der Waals surface area contributed by atoms with Crippen LogP contribution >= 0.6 is 0 Å². The number of aromatic nitrogens is 2. The fourth-order valence-corrected chi connectivity index (χ4v) is 4.69. The molecule has 0 spiro atoms. The van der Waals surface area contributed by atoms with Gasteiger partial charge in [-0.05, 0) is 36.8 Å². The summed E-state index contributed by atoms with van der Waals surface area (Å²) in [6.07, 6.45) is 5.29. The summed E-state index contributed by atoms with van der Waals surface area (Å²) < 4.78 is 43.3. The van der Waals surface area contributed by atoms with Crippen LogP contribution in [-0.2, 0) is 4.79 Å². The first-order chi connectivity index (χ1) is 17.2. The van der Waals surface area contributed by atoms with Crippen molar-refractivity contribution in [3.05, 3.63) is 94.9 Å². The fourth-order valence-electron chi connectivity index (χ4n) is 4.69. The number of aromatic amines is 1. The fraction of sp³-hybridized carbons (Fsp3) is 0.192. The van der Waals surface area contributed by atoms with Gasteiger partial charge in [-0.3, -0.25) is 9.69 Å². The first-order valence-corrected chi connectivity index (χ1v) is 11.2. The number of nitrogens with one attached hydrogen (secondary N) is 3. The van der Waals surface area contributed by atoms with E-state index in [0.717, 1.165) is 28.8 Å². The van der Waals surface area contributed by atoms with Crippen LogP contribution in [0.5, 0.6) is 0 Å². The maximum Gasteiger partial charge on any atom is 0.326 e. The lowest BCUT2D eigenvalue weighted by atomic mass is 9.77. The molecule has 1 aliphatic heterocycles. The molecule has 1 fully saturated rings. The second-order valence-electron chi connectivity index (χ2n) is 8.74. The molecule has 2 aromatic carbocycles. The number of anilines is 2. The van der Waals surface area contributed by atoms with E-state index in [2.05, 4.69) is 20.6 Å². The smallest absolute Gasteiger partial charge is 0.326 e. The lowest BCUT2D eigenvalue weighted by Crippen LogP contribution is -2.32. The number of fused-ring (bicyclic) bond motifs is 1. The van der Waals surface area contributed by atoms with Crippen molar-refractivity contribution in [2.45, 2.75) is 12.8 Å². The van der Waals surface area contributed by atoms with Gasteiger partial charge < -0.3 is 15.6 Å². The third-order valence-electron chi connectivity index (χ3n) is 6.44. The SMILES string of the molecule is Cc1cnc(C2=C3C(=O)NCC3C(c3ccc(NC(=O)N(C)c4c(F)cccc4F)cc3F)C=C2)[nH]1. The molecule has 2 aliphatic rings. The second-order valence-corrected chi connectivity index (χ2v) is 8.74. The minimum Gasteiger partial charge on any atom is -0.352 e. The number of nitrogens with zero attached hydrogens (tertiary/aromatic N) is 2. The lowest BCUT2D eigenvalue weighted by Gasteiger charge is -2.26. The molecule has 3 amide bonds. The Balaban J connectivity index is 1.38. The van der Waals surface area contributed by atoms with Crippen LogP contribution in [-0.4, -0.2) is 35.5 Å². The third kappa shape index (κ3) is 4.04. The van der Waals surface area contributed by atoms with E-state index in [1.54, 1.807) is 12.3 Å². The van der Waals surface area contributed by atoms with Gasteiger partial charge in [0.1, 0.15) is 29.0 Å². The Hall–Kier alpha value is -4.34. The largest absolute Gasteiger partial charge is 0.352 e. The lowest BCUT2D eigenvalue weighted by molar-refractivity contribution is -0.116. The van der Waals surface area contributed by atoms with Gasteiger partial charge in [0, 0.05) is 54.2 Å². The van der Waals surface area contributed by atoms with Crippen molar-refractivity contribution < 1.29 is 22.8 Å². The molecule has 5 rings (SSSR count). The summed E-state index contributed by atoms with van der Waals surface area (Å²) in [4.78, 5) is 33.4. The Labute approximate surface area is 204 Å². The number of imidazole rings is 1. The number of rotatable bonds is 4. The number of allylic oxidation sites excluding steroid dienone is 3. The molecule has 0 saturated carbocycles. The van der Waals surface area contributed by atoms with Crippen LogP contribution in [0.25, 0.3) is 5.57 Å². The van der Waals surface area contributed by atoms with E-state index in [0.29, 0.717) is 29.1 Å². The van der Waals surface area contributed by atoms with E-state index in [1.807, 2.05) is 13.0 Å². The van der Waals surface area contributed by atoms with Gasteiger partial charge in [0.25, 0.3) is 0 Å². The van der Waals surface area contributed by atoms with Crippen molar-refractivity contribution >= 4 is 28.9 Å². The Morgan fingerprint density at radius 1 is 1.14 bits per heavy atom. The summed E-state index contributed by atoms with van der Waals surface area (Å²) in [5, 5.41) is 5.29.